The van der Waals surface area contributed by atoms with Gasteiger partial charge in [-0.1, -0.05) is 11.6 Å². The van der Waals surface area contributed by atoms with Gasteiger partial charge in [0.05, 0.1) is 5.69 Å². The molecule has 0 atom stereocenters. The first-order valence-corrected chi connectivity index (χ1v) is 5.06. The number of hydrogen-bond acceptors (Lipinski definition) is 5. The van der Waals surface area contributed by atoms with Crippen LogP contribution in [0.15, 0.2) is 6.07 Å². The van der Waals surface area contributed by atoms with Crippen molar-refractivity contribution in [2.45, 2.75) is 6.92 Å². The van der Waals surface area contributed by atoms with Crippen molar-refractivity contribution in [1.82, 2.24) is 25.0 Å². The van der Waals surface area contributed by atoms with Crippen LogP contribution in [0.5, 0.6) is 11.8 Å². The fourth-order valence-corrected chi connectivity index (χ4v) is 1.36. The van der Waals surface area contributed by atoms with Gasteiger partial charge in [-0.05, 0) is 18.5 Å². The first kappa shape index (κ1) is 11.1. The summed E-state index contributed by atoms with van der Waals surface area (Å²) in [7, 11) is 1.74. The average molecular weight is 260 g/mol. The third-order valence-corrected chi connectivity index (χ3v) is 2.15. The molecule has 2 aromatic heterocycles. The highest BCUT2D eigenvalue weighted by Gasteiger charge is 2.11. The summed E-state index contributed by atoms with van der Waals surface area (Å²) in [6.45, 7) is 1.85. The first-order chi connectivity index (χ1) is 7.56. The fourth-order valence-electron chi connectivity index (χ4n) is 1.13. The first-order valence-electron chi connectivity index (χ1n) is 4.30. The predicted octanol–water partition coefficient (Wildman–Crippen LogP) is 2.01. The average Bonchev–Trinajstić information content (AvgIpc) is 2.51. The SMILES string of the molecule is Cc1cc(Oc2nc(Cl)nnc2Cl)n(C)n1. The molecule has 0 aliphatic carbocycles. The van der Waals surface area contributed by atoms with Gasteiger partial charge in [0.2, 0.25) is 16.3 Å². The maximum atomic E-state index is 5.76. The summed E-state index contributed by atoms with van der Waals surface area (Å²) >= 11 is 11.3. The Labute approximate surface area is 101 Å². The second-order valence-corrected chi connectivity index (χ2v) is 3.72. The maximum Gasteiger partial charge on any atom is 0.263 e. The topological polar surface area (TPSA) is 65.7 Å². The Hall–Kier alpha value is -1.40. The summed E-state index contributed by atoms with van der Waals surface area (Å²) in [4.78, 5) is 3.81. The second-order valence-electron chi connectivity index (χ2n) is 3.03. The van der Waals surface area contributed by atoms with E-state index < -0.39 is 0 Å². The molecular formula is C8H7Cl2N5O. The lowest BCUT2D eigenvalue weighted by molar-refractivity contribution is 0.411. The molecule has 0 fully saturated rings. The Kier molecular flexibility index (Phi) is 2.93. The molecule has 0 amide bonds. The summed E-state index contributed by atoms with van der Waals surface area (Å²) in [5.74, 6) is 0.598. The van der Waals surface area contributed by atoms with Crippen LogP contribution in [0.3, 0.4) is 0 Å². The lowest BCUT2D eigenvalue weighted by Gasteiger charge is -2.04. The molecule has 0 aliphatic rings. The molecular weight excluding hydrogens is 253 g/mol. The van der Waals surface area contributed by atoms with E-state index in [1.807, 2.05) is 6.92 Å². The summed E-state index contributed by atoms with van der Waals surface area (Å²) in [6.07, 6.45) is 0. The van der Waals surface area contributed by atoms with Crippen molar-refractivity contribution >= 4 is 23.2 Å². The predicted molar refractivity (Wildman–Crippen MR) is 57.9 cm³/mol. The van der Waals surface area contributed by atoms with E-state index in [9.17, 15) is 0 Å². The van der Waals surface area contributed by atoms with Gasteiger partial charge >= 0.3 is 0 Å². The van der Waals surface area contributed by atoms with Crippen LogP contribution in [0.2, 0.25) is 10.4 Å². The normalized spacial score (nSPS) is 10.5. The van der Waals surface area contributed by atoms with Gasteiger partial charge in [0, 0.05) is 13.1 Å². The number of ether oxygens (including phenoxy) is 1. The molecule has 0 radical (unpaired) electrons. The Morgan fingerprint density at radius 1 is 1.31 bits per heavy atom. The smallest absolute Gasteiger partial charge is 0.263 e. The summed E-state index contributed by atoms with van der Waals surface area (Å²) in [5, 5.41) is 11.2. The van der Waals surface area contributed by atoms with Crippen LogP contribution in [-0.2, 0) is 7.05 Å². The summed E-state index contributed by atoms with van der Waals surface area (Å²) < 4.78 is 6.97. The maximum absolute atomic E-state index is 5.76. The fraction of sp³-hybridized carbons (Fsp3) is 0.250. The quantitative estimate of drug-likeness (QED) is 0.826. The monoisotopic (exact) mass is 259 g/mol. The van der Waals surface area contributed by atoms with E-state index in [0.717, 1.165) is 5.69 Å². The van der Waals surface area contributed by atoms with Gasteiger partial charge in [-0.2, -0.15) is 10.1 Å². The zero-order valence-electron chi connectivity index (χ0n) is 8.48. The van der Waals surface area contributed by atoms with Gasteiger partial charge in [-0.15, -0.1) is 10.2 Å². The molecule has 0 aromatic carbocycles. The molecule has 8 heteroatoms. The zero-order chi connectivity index (χ0) is 11.7. The molecule has 0 unspecified atom stereocenters. The number of aryl methyl sites for hydroxylation is 2. The molecule has 0 saturated heterocycles. The van der Waals surface area contributed by atoms with Gasteiger partial charge in [0.15, 0.2) is 0 Å². The van der Waals surface area contributed by atoms with Crippen molar-refractivity contribution in [1.29, 1.82) is 0 Å². The van der Waals surface area contributed by atoms with E-state index in [1.54, 1.807) is 17.8 Å². The Morgan fingerprint density at radius 2 is 2.06 bits per heavy atom. The minimum Gasteiger partial charge on any atom is -0.418 e. The van der Waals surface area contributed by atoms with Crippen LogP contribution < -0.4 is 4.74 Å². The number of aromatic nitrogens is 5. The molecule has 0 aliphatic heterocycles. The summed E-state index contributed by atoms with van der Waals surface area (Å²) in [5.41, 5.74) is 0.821. The Morgan fingerprint density at radius 3 is 2.69 bits per heavy atom. The Balaban J connectivity index is 2.33. The van der Waals surface area contributed by atoms with E-state index in [0.29, 0.717) is 5.88 Å². The van der Waals surface area contributed by atoms with Gasteiger partial charge in [0.1, 0.15) is 0 Å². The third-order valence-electron chi connectivity index (χ3n) is 1.75. The minimum atomic E-state index is -0.0294. The van der Waals surface area contributed by atoms with E-state index in [1.165, 1.54) is 0 Å². The van der Waals surface area contributed by atoms with Crippen LogP contribution in [0.25, 0.3) is 0 Å². The van der Waals surface area contributed by atoms with E-state index in [-0.39, 0.29) is 16.3 Å². The number of halogens is 2. The highest BCUT2D eigenvalue weighted by atomic mass is 35.5. The van der Waals surface area contributed by atoms with Crippen molar-refractivity contribution in [2.24, 2.45) is 7.05 Å². The van der Waals surface area contributed by atoms with E-state index >= 15 is 0 Å². The van der Waals surface area contributed by atoms with Crippen LogP contribution in [0, 0.1) is 6.92 Å². The highest BCUT2D eigenvalue weighted by Crippen LogP contribution is 2.25. The second kappa shape index (κ2) is 4.23. The number of nitrogens with zero attached hydrogens (tertiary/aromatic N) is 5. The largest absolute Gasteiger partial charge is 0.418 e. The van der Waals surface area contributed by atoms with Crippen molar-refractivity contribution in [3.63, 3.8) is 0 Å². The van der Waals surface area contributed by atoms with Crippen LogP contribution in [0.1, 0.15) is 5.69 Å². The van der Waals surface area contributed by atoms with Crippen LogP contribution >= 0.6 is 23.2 Å². The molecule has 2 aromatic rings. The lowest BCUT2D eigenvalue weighted by Crippen LogP contribution is -1.99. The molecule has 2 rings (SSSR count). The van der Waals surface area contributed by atoms with Gasteiger partial charge in [-0.25, -0.2) is 4.68 Å². The van der Waals surface area contributed by atoms with Gasteiger partial charge < -0.3 is 4.74 Å². The van der Waals surface area contributed by atoms with Crippen molar-refractivity contribution in [3.05, 3.63) is 22.2 Å². The van der Waals surface area contributed by atoms with Crippen molar-refractivity contribution < 1.29 is 4.74 Å². The highest BCUT2D eigenvalue weighted by molar-refractivity contribution is 6.31. The molecule has 16 heavy (non-hydrogen) atoms. The molecule has 0 spiro atoms. The molecule has 6 nitrogen and oxygen atoms in total. The molecule has 0 saturated carbocycles. The zero-order valence-corrected chi connectivity index (χ0v) is 9.99. The van der Waals surface area contributed by atoms with Gasteiger partial charge in [0.25, 0.3) is 5.88 Å². The summed E-state index contributed by atoms with van der Waals surface area (Å²) in [6, 6.07) is 1.74. The number of hydrogen-bond donors (Lipinski definition) is 0. The van der Waals surface area contributed by atoms with Crippen molar-refractivity contribution in [3.8, 4) is 11.8 Å². The molecule has 0 bridgehead atoms. The standard InChI is InChI=1S/C8H7Cl2N5O/c1-4-3-5(15(2)14-4)16-7-6(9)12-13-8(10)11-7/h3H,1-2H3. The molecule has 0 N–H and O–H groups in total. The van der Waals surface area contributed by atoms with Crippen LogP contribution in [0.4, 0.5) is 0 Å². The van der Waals surface area contributed by atoms with Crippen molar-refractivity contribution in [2.75, 3.05) is 0 Å². The van der Waals surface area contributed by atoms with E-state index in [2.05, 4.69) is 20.3 Å². The Bertz CT molecular complexity index is 527. The van der Waals surface area contributed by atoms with Crippen LogP contribution in [-0.4, -0.2) is 25.0 Å². The number of rotatable bonds is 2. The van der Waals surface area contributed by atoms with E-state index in [4.69, 9.17) is 27.9 Å². The molecule has 84 valence electrons. The third kappa shape index (κ3) is 2.23. The minimum absolute atomic E-state index is 0.0294. The lowest BCUT2D eigenvalue weighted by atomic mass is 10.5. The van der Waals surface area contributed by atoms with Gasteiger partial charge in [-0.3, -0.25) is 0 Å². The molecule has 2 heterocycles.